The predicted octanol–water partition coefficient (Wildman–Crippen LogP) is 3.62. The number of hydrogen-bond acceptors (Lipinski definition) is 4. The van der Waals surface area contributed by atoms with E-state index in [-0.39, 0.29) is 23.6 Å². The summed E-state index contributed by atoms with van der Waals surface area (Å²) in [7, 11) is 0. The van der Waals surface area contributed by atoms with E-state index in [1.165, 1.54) is 6.21 Å². The third kappa shape index (κ3) is 6.70. The van der Waals surface area contributed by atoms with Gasteiger partial charge in [0.15, 0.2) is 0 Å². The van der Waals surface area contributed by atoms with E-state index in [2.05, 4.69) is 20.8 Å². The molecule has 0 aliphatic rings. The van der Waals surface area contributed by atoms with Gasteiger partial charge < -0.3 is 5.32 Å². The molecule has 142 valence electrons. The minimum absolute atomic E-state index is 0.0399. The summed E-state index contributed by atoms with van der Waals surface area (Å²) >= 11 is 5.79. The van der Waals surface area contributed by atoms with Crippen LogP contribution in [0, 0.1) is 0 Å². The first kappa shape index (κ1) is 20.4. The van der Waals surface area contributed by atoms with Gasteiger partial charge in [-0.15, -0.1) is 0 Å². The molecule has 1 aromatic carbocycles. The Labute approximate surface area is 157 Å². The number of pyridine rings is 1. The number of carbonyl (C=O) groups is 2. The Morgan fingerprint density at radius 1 is 1.19 bits per heavy atom. The second-order valence-electron chi connectivity index (χ2n) is 5.32. The number of carbonyl (C=O) groups excluding carboxylic acids is 2. The maximum atomic E-state index is 12.7. The lowest BCUT2D eigenvalue weighted by molar-refractivity contribution is -0.137. The summed E-state index contributed by atoms with van der Waals surface area (Å²) in [5, 5.41) is 5.94. The molecule has 0 aliphatic heterocycles. The van der Waals surface area contributed by atoms with Crippen molar-refractivity contribution in [1.82, 2.24) is 10.4 Å². The topological polar surface area (TPSA) is 83.5 Å². The lowest BCUT2D eigenvalue weighted by atomic mass is 10.2. The summed E-state index contributed by atoms with van der Waals surface area (Å²) in [6, 6.07) is 6.02. The number of benzene rings is 1. The first-order chi connectivity index (χ1) is 12.8. The van der Waals surface area contributed by atoms with Crippen molar-refractivity contribution in [3.8, 4) is 0 Å². The molecule has 1 heterocycles. The van der Waals surface area contributed by atoms with Crippen LogP contribution in [0.2, 0.25) is 5.02 Å². The van der Waals surface area contributed by atoms with Crippen LogP contribution in [-0.2, 0) is 15.8 Å². The van der Waals surface area contributed by atoms with Gasteiger partial charge in [0, 0.05) is 30.8 Å². The smallest absolute Gasteiger partial charge is 0.325 e. The van der Waals surface area contributed by atoms with E-state index >= 15 is 0 Å². The predicted molar refractivity (Wildman–Crippen MR) is 94.3 cm³/mol. The highest BCUT2D eigenvalue weighted by molar-refractivity contribution is 6.33. The molecule has 0 aliphatic carbocycles. The van der Waals surface area contributed by atoms with Crippen LogP contribution in [0.15, 0.2) is 47.8 Å². The highest BCUT2D eigenvalue weighted by Gasteiger charge is 2.31. The summed E-state index contributed by atoms with van der Waals surface area (Å²) in [6.07, 6.45) is -0.496. The van der Waals surface area contributed by atoms with Crippen LogP contribution in [0.4, 0.5) is 18.9 Å². The fourth-order valence-electron chi connectivity index (χ4n) is 1.92. The maximum Gasteiger partial charge on any atom is 0.416 e. The molecule has 2 aromatic rings. The van der Waals surface area contributed by atoms with Gasteiger partial charge in [0.2, 0.25) is 11.8 Å². The minimum atomic E-state index is -4.56. The van der Waals surface area contributed by atoms with E-state index in [4.69, 9.17) is 11.6 Å². The molecule has 2 amide bonds. The van der Waals surface area contributed by atoms with Crippen molar-refractivity contribution < 1.29 is 22.8 Å². The maximum absolute atomic E-state index is 12.7. The van der Waals surface area contributed by atoms with Gasteiger partial charge in [-0.3, -0.25) is 14.6 Å². The number of rotatable bonds is 6. The zero-order chi connectivity index (χ0) is 19.9. The molecule has 0 radical (unpaired) electrons. The fourth-order valence-corrected chi connectivity index (χ4v) is 2.09. The molecule has 0 atom stereocenters. The normalized spacial score (nSPS) is 11.4. The molecular formula is C17H14ClF3N4O2. The number of anilines is 1. The van der Waals surface area contributed by atoms with Crippen molar-refractivity contribution in [1.29, 1.82) is 0 Å². The quantitative estimate of drug-likeness (QED) is 0.575. The van der Waals surface area contributed by atoms with E-state index < -0.39 is 23.6 Å². The molecular weight excluding hydrogens is 385 g/mol. The first-order valence-electron chi connectivity index (χ1n) is 7.64. The Kier molecular flexibility index (Phi) is 6.89. The summed E-state index contributed by atoms with van der Waals surface area (Å²) in [6.45, 7) is 0. The molecule has 0 bridgehead atoms. The van der Waals surface area contributed by atoms with Crippen LogP contribution in [0.25, 0.3) is 0 Å². The van der Waals surface area contributed by atoms with E-state index in [9.17, 15) is 22.8 Å². The molecule has 2 N–H and O–H groups in total. The van der Waals surface area contributed by atoms with Crippen molar-refractivity contribution in [2.75, 3.05) is 5.32 Å². The Morgan fingerprint density at radius 2 is 1.93 bits per heavy atom. The van der Waals surface area contributed by atoms with Crippen LogP contribution >= 0.6 is 11.6 Å². The van der Waals surface area contributed by atoms with Crippen molar-refractivity contribution in [3.63, 3.8) is 0 Å². The van der Waals surface area contributed by atoms with Gasteiger partial charge >= 0.3 is 6.18 Å². The summed E-state index contributed by atoms with van der Waals surface area (Å²) in [5.74, 6) is -1.18. The van der Waals surface area contributed by atoms with Crippen LogP contribution in [0.1, 0.15) is 24.0 Å². The van der Waals surface area contributed by atoms with Crippen LogP contribution in [0.5, 0.6) is 0 Å². The molecule has 10 heteroatoms. The molecule has 0 spiro atoms. The van der Waals surface area contributed by atoms with Gasteiger partial charge in [0.25, 0.3) is 0 Å². The molecule has 0 fully saturated rings. The molecule has 0 saturated carbocycles. The molecule has 2 rings (SSSR count). The Hall–Kier alpha value is -2.94. The van der Waals surface area contributed by atoms with Gasteiger partial charge in [0.05, 0.1) is 22.5 Å². The number of amides is 2. The highest BCUT2D eigenvalue weighted by atomic mass is 35.5. The number of aromatic nitrogens is 1. The highest BCUT2D eigenvalue weighted by Crippen LogP contribution is 2.33. The molecule has 6 nitrogen and oxygen atoms in total. The lowest BCUT2D eigenvalue weighted by Crippen LogP contribution is -2.21. The molecule has 1 aromatic heterocycles. The zero-order valence-electron chi connectivity index (χ0n) is 13.8. The number of alkyl halides is 3. The van der Waals surface area contributed by atoms with Crippen molar-refractivity contribution >= 4 is 35.3 Å². The molecule has 27 heavy (non-hydrogen) atoms. The fraction of sp³-hybridized carbons (Fsp3) is 0.176. The van der Waals surface area contributed by atoms with Gasteiger partial charge in [-0.1, -0.05) is 17.7 Å². The first-order valence-corrected chi connectivity index (χ1v) is 8.02. The van der Waals surface area contributed by atoms with E-state index in [1.54, 1.807) is 24.5 Å². The largest absolute Gasteiger partial charge is 0.416 e. The number of hydrazone groups is 1. The van der Waals surface area contributed by atoms with Gasteiger partial charge in [-0.25, -0.2) is 5.43 Å². The van der Waals surface area contributed by atoms with E-state index in [1.807, 2.05) is 0 Å². The Bertz CT molecular complexity index is 842. The number of nitrogens with zero attached hydrogens (tertiary/aromatic N) is 2. The lowest BCUT2D eigenvalue weighted by Gasteiger charge is -2.11. The third-order valence-electron chi connectivity index (χ3n) is 3.23. The number of hydrogen-bond donors (Lipinski definition) is 2. The zero-order valence-corrected chi connectivity index (χ0v) is 14.5. The van der Waals surface area contributed by atoms with Crippen molar-refractivity contribution in [3.05, 3.63) is 58.9 Å². The Balaban J connectivity index is 1.84. The van der Waals surface area contributed by atoms with Gasteiger partial charge in [0.1, 0.15) is 0 Å². The van der Waals surface area contributed by atoms with Crippen molar-refractivity contribution in [2.24, 2.45) is 5.10 Å². The van der Waals surface area contributed by atoms with Gasteiger partial charge in [-0.2, -0.15) is 18.3 Å². The molecule has 0 saturated heterocycles. The van der Waals surface area contributed by atoms with Crippen molar-refractivity contribution in [2.45, 2.75) is 19.0 Å². The average Bonchev–Trinajstić information content (AvgIpc) is 2.62. The standard InChI is InChI=1S/C17H14ClF3N4O2/c18-13-4-3-12(17(19,20)21)8-14(13)24-15(26)5-6-16(27)25-23-10-11-2-1-7-22-9-11/h1-4,7-10H,5-6H2,(H,24,26)(H,25,27). The third-order valence-corrected chi connectivity index (χ3v) is 3.56. The van der Waals surface area contributed by atoms with E-state index in [0.717, 1.165) is 18.2 Å². The molecule has 0 unspecified atom stereocenters. The van der Waals surface area contributed by atoms with Crippen LogP contribution < -0.4 is 10.7 Å². The van der Waals surface area contributed by atoms with Gasteiger partial charge in [-0.05, 0) is 24.3 Å². The SMILES string of the molecule is O=C(CCC(=O)Nc1cc(C(F)(F)F)ccc1Cl)NN=Cc1cccnc1. The summed E-state index contributed by atoms with van der Waals surface area (Å²) in [5.41, 5.74) is 1.80. The number of halogens is 4. The van der Waals surface area contributed by atoms with Crippen LogP contribution in [-0.4, -0.2) is 23.0 Å². The number of nitrogens with one attached hydrogen (secondary N) is 2. The minimum Gasteiger partial charge on any atom is -0.325 e. The van der Waals surface area contributed by atoms with Crippen LogP contribution in [0.3, 0.4) is 0 Å². The monoisotopic (exact) mass is 398 g/mol. The van der Waals surface area contributed by atoms with E-state index in [0.29, 0.717) is 5.56 Å². The summed E-state index contributed by atoms with van der Waals surface area (Å²) < 4.78 is 38.1. The Morgan fingerprint density at radius 3 is 2.59 bits per heavy atom. The second kappa shape index (κ2) is 9.13. The summed E-state index contributed by atoms with van der Waals surface area (Å²) in [4.78, 5) is 27.4. The average molecular weight is 399 g/mol. The second-order valence-corrected chi connectivity index (χ2v) is 5.73.